The molecular formula is C44H51FN8O3. The molecule has 11 nitrogen and oxygen atoms in total. The maximum atomic E-state index is 15.2. The number of carbonyl (C=O) groups excluding carboxylic acids is 2. The molecule has 4 N–H and O–H groups in total. The first-order valence-electron chi connectivity index (χ1n) is 20.0. The van der Waals surface area contributed by atoms with Gasteiger partial charge in [0.05, 0.1) is 17.3 Å². The normalized spacial score (nSPS) is 18.4. The molecule has 56 heavy (non-hydrogen) atoms. The molecule has 3 aliphatic heterocycles. The van der Waals surface area contributed by atoms with Crippen molar-refractivity contribution in [1.82, 2.24) is 35.6 Å². The van der Waals surface area contributed by atoms with E-state index in [1.54, 1.807) is 30.3 Å². The summed E-state index contributed by atoms with van der Waals surface area (Å²) in [4.78, 5) is 34.8. The van der Waals surface area contributed by atoms with E-state index in [2.05, 4.69) is 50.3 Å². The van der Waals surface area contributed by atoms with Crippen molar-refractivity contribution in [2.45, 2.75) is 90.8 Å². The zero-order valence-corrected chi connectivity index (χ0v) is 32.5. The van der Waals surface area contributed by atoms with E-state index in [0.717, 1.165) is 82.7 Å². The first kappa shape index (κ1) is 37.7. The van der Waals surface area contributed by atoms with Gasteiger partial charge in [-0.3, -0.25) is 14.5 Å². The molecule has 5 aromatic rings. The van der Waals surface area contributed by atoms with Crippen molar-refractivity contribution in [2.24, 2.45) is 0 Å². The summed E-state index contributed by atoms with van der Waals surface area (Å²) in [6.07, 6.45) is 5.51. The largest absolute Gasteiger partial charge is 0.381 e. The predicted octanol–water partition coefficient (Wildman–Crippen LogP) is 6.13. The maximum absolute atomic E-state index is 15.2. The van der Waals surface area contributed by atoms with Gasteiger partial charge in [-0.15, -0.1) is 0 Å². The number of rotatable bonds is 13. The Labute approximate surface area is 327 Å². The molecule has 0 unspecified atom stereocenters. The molecule has 2 bridgehead atoms. The Hall–Kier alpha value is -5.17. The number of ether oxygens (including phenoxy) is 1. The average molecular weight is 759 g/mol. The quantitative estimate of drug-likeness (QED) is 0.113. The lowest BCUT2D eigenvalue weighted by molar-refractivity contribution is 0.0904. The van der Waals surface area contributed by atoms with Crippen molar-refractivity contribution >= 4 is 28.5 Å². The van der Waals surface area contributed by atoms with E-state index >= 15 is 4.39 Å². The number of anilines is 1. The van der Waals surface area contributed by atoms with Gasteiger partial charge in [-0.25, -0.2) is 14.1 Å². The van der Waals surface area contributed by atoms with Crippen molar-refractivity contribution < 1.29 is 18.7 Å². The highest BCUT2D eigenvalue weighted by atomic mass is 19.1. The van der Waals surface area contributed by atoms with Crippen molar-refractivity contribution in [3.05, 3.63) is 112 Å². The molecule has 0 radical (unpaired) electrons. The minimum atomic E-state index is -0.316. The number of carbonyl (C=O) groups is 2. The summed E-state index contributed by atoms with van der Waals surface area (Å²) >= 11 is 0. The number of likely N-dealkylation sites (tertiary alicyclic amines) is 1. The first-order valence-corrected chi connectivity index (χ1v) is 20.0. The highest BCUT2D eigenvalue weighted by Gasteiger charge is 2.37. The maximum Gasteiger partial charge on any atom is 0.251 e. The molecule has 3 saturated heterocycles. The van der Waals surface area contributed by atoms with E-state index in [9.17, 15) is 9.59 Å². The highest BCUT2D eigenvalue weighted by molar-refractivity contribution is 6.00. The summed E-state index contributed by atoms with van der Waals surface area (Å²) < 4.78 is 22.7. The van der Waals surface area contributed by atoms with Crippen LogP contribution in [0.3, 0.4) is 0 Å². The molecule has 0 saturated carbocycles. The number of piperazine rings is 1. The predicted molar refractivity (Wildman–Crippen MR) is 216 cm³/mol. The van der Waals surface area contributed by atoms with Crippen LogP contribution in [0.5, 0.6) is 0 Å². The molecular weight excluding hydrogens is 708 g/mol. The fourth-order valence-electron chi connectivity index (χ4n) is 8.52. The fourth-order valence-corrected chi connectivity index (χ4v) is 8.52. The molecule has 2 atom stereocenters. The Morgan fingerprint density at radius 2 is 1.75 bits per heavy atom. The Bertz CT molecular complexity index is 2250. The fraction of sp³-hybridized carbons (Fsp3) is 0.409. The van der Waals surface area contributed by atoms with Crippen LogP contribution in [0.1, 0.15) is 81.8 Å². The van der Waals surface area contributed by atoms with Crippen LogP contribution < -0.4 is 21.3 Å². The Kier molecular flexibility index (Phi) is 11.1. The Morgan fingerprint density at radius 1 is 0.964 bits per heavy atom. The van der Waals surface area contributed by atoms with Crippen molar-refractivity contribution in [3.63, 3.8) is 0 Å². The standard InChI is InChI=1S/C44H51FN8O3/c1-4-40-37(41(50-33-11-13-56-14-12-33)38-24-49-53(5-2)42(38)51-40)23-48-44(55)32-16-27(3)15-31(19-32)43(54)47-21-28-9-10-39(45)36(18-28)30-8-6-7-29(17-30)25-52-26-34-20-35(52)22-46-34/h6-10,15-19,24,33-35,46H,4-5,11-14,20-23,25-26H2,1-3H3,(H,47,54)(H,48,55)(H,50,51)/t34-,35-/m0/s1. The number of amides is 2. The van der Waals surface area contributed by atoms with Crippen LogP contribution in [0.15, 0.2) is 66.9 Å². The number of aromatic nitrogens is 3. The molecule has 12 heteroatoms. The summed E-state index contributed by atoms with van der Waals surface area (Å²) in [6.45, 7) is 11.5. The van der Waals surface area contributed by atoms with Gasteiger partial charge in [0.2, 0.25) is 0 Å². The lowest BCUT2D eigenvalue weighted by atomic mass is 10.00. The monoisotopic (exact) mass is 758 g/mol. The Morgan fingerprint density at radius 3 is 2.46 bits per heavy atom. The molecule has 3 aliphatic rings. The van der Waals surface area contributed by atoms with Crippen LogP contribution in [0.2, 0.25) is 0 Å². The highest BCUT2D eigenvalue weighted by Crippen LogP contribution is 2.32. The second-order valence-electron chi connectivity index (χ2n) is 15.4. The summed E-state index contributed by atoms with van der Waals surface area (Å²) in [5, 5.41) is 18.9. The van der Waals surface area contributed by atoms with Crippen LogP contribution in [-0.4, -0.2) is 75.9 Å². The van der Waals surface area contributed by atoms with Crippen LogP contribution in [-0.2, 0) is 37.3 Å². The van der Waals surface area contributed by atoms with Crippen LogP contribution in [0.4, 0.5) is 10.1 Å². The third-order valence-corrected chi connectivity index (χ3v) is 11.5. The van der Waals surface area contributed by atoms with Crippen LogP contribution in [0, 0.1) is 12.7 Å². The van der Waals surface area contributed by atoms with Gasteiger partial charge in [-0.2, -0.15) is 5.10 Å². The molecule has 2 aromatic heterocycles. The van der Waals surface area contributed by atoms with E-state index in [1.807, 2.05) is 36.9 Å². The second kappa shape index (κ2) is 16.5. The third kappa shape index (κ3) is 8.05. The average Bonchev–Trinajstić information content (AvgIpc) is 3.96. The summed E-state index contributed by atoms with van der Waals surface area (Å²) in [6, 6.07) is 19.6. The Balaban J connectivity index is 0.950. The minimum absolute atomic E-state index is 0.206. The lowest BCUT2D eigenvalue weighted by Gasteiger charge is -2.27. The molecule has 3 aromatic carbocycles. The first-order chi connectivity index (χ1) is 27.3. The number of fused-ring (bicyclic) bond motifs is 3. The number of halogens is 1. The molecule has 3 fully saturated rings. The van der Waals surface area contributed by atoms with Gasteiger partial charge < -0.3 is 26.0 Å². The second-order valence-corrected chi connectivity index (χ2v) is 15.4. The molecule has 2 amide bonds. The molecule has 0 aliphatic carbocycles. The smallest absolute Gasteiger partial charge is 0.251 e. The van der Waals surface area contributed by atoms with Gasteiger partial charge in [-0.05, 0) is 98.2 Å². The number of hydrogen-bond donors (Lipinski definition) is 4. The number of pyridine rings is 1. The lowest BCUT2D eigenvalue weighted by Crippen LogP contribution is -2.42. The van der Waals surface area contributed by atoms with Gasteiger partial charge in [0.15, 0.2) is 5.65 Å². The van der Waals surface area contributed by atoms with Crippen molar-refractivity contribution in [2.75, 3.05) is 31.6 Å². The van der Waals surface area contributed by atoms with Gasteiger partial charge in [0, 0.05) is 98.6 Å². The van der Waals surface area contributed by atoms with E-state index < -0.39 is 0 Å². The van der Waals surface area contributed by atoms with Crippen LogP contribution >= 0.6 is 0 Å². The van der Waals surface area contributed by atoms with E-state index in [4.69, 9.17) is 9.72 Å². The van der Waals surface area contributed by atoms with Gasteiger partial charge in [0.25, 0.3) is 11.8 Å². The third-order valence-electron chi connectivity index (χ3n) is 11.5. The molecule has 0 spiro atoms. The number of benzene rings is 3. The number of hydrogen-bond acceptors (Lipinski definition) is 8. The van der Waals surface area contributed by atoms with E-state index in [-0.39, 0.29) is 36.8 Å². The van der Waals surface area contributed by atoms with Crippen molar-refractivity contribution in [1.29, 1.82) is 0 Å². The van der Waals surface area contributed by atoms with Crippen molar-refractivity contribution in [3.8, 4) is 11.1 Å². The van der Waals surface area contributed by atoms with Gasteiger partial charge in [-0.1, -0.05) is 31.2 Å². The molecule has 8 rings (SSSR count). The number of nitrogens with zero attached hydrogens (tertiary/aromatic N) is 4. The van der Waals surface area contributed by atoms with Gasteiger partial charge in [0.1, 0.15) is 5.82 Å². The summed E-state index contributed by atoms with van der Waals surface area (Å²) in [5.41, 5.74) is 8.42. The molecule has 292 valence electrons. The van der Waals surface area contributed by atoms with E-state index in [0.29, 0.717) is 55.0 Å². The zero-order valence-electron chi connectivity index (χ0n) is 32.5. The van der Waals surface area contributed by atoms with Crippen LogP contribution in [0.25, 0.3) is 22.2 Å². The number of aryl methyl sites for hydroxylation is 3. The number of nitrogens with one attached hydrogen (secondary N) is 4. The van der Waals surface area contributed by atoms with E-state index in [1.165, 1.54) is 12.5 Å². The topological polar surface area (TPSA) is 125 Å². The van der Waals surface area contributed by atoms with Gasteiger partial charge >= 0.3 is 0 Å². The summed E-state index contributed by atoms with van der Waals surface area (Å²) in [7, 11) is 0. The molecule has 5 heterocycles. The SMILES string of the molecule is CCc1nc2c(cnn2CC)c(NC2CCOCC2)c1CNC(=O)c1cc(C)cc(C(=O)NCc2ccc(F)c(-c3cccc(CN4C[C@@H]5C[C@H]4CN5)c3)c2)c1. The minimum Gasteiger partial charge on any atom is -0.381 e. The summed E-state index contributed by atoms with van der Waals surface area (Å²) in [5.74, 6) is -0.908. The zero-order chi connectivity index (χ0) is 38.8.